The number of nitrogens with one attached hydrogen (secondary N) is 1. The van der Waals surface area contributed by atoms with Crippen LogP contribution in [-0.4, -0.2) is 70.2 Å². The Balaban J connectivity index is 0.000000408. The lowest BCUT2D eigenvalue weighted by molar-refractivity contribution is -0.145. The average Bonchev–Trinajstić information content (AvgIpc) is 3.40. The Morgan fingerprint density at radius 3 is 2.65 bits per heavy atom. The van der Waals surface area contributed by atoms with Crippen LogP contribution >= 0.6 is 23.1 Å². The molecule has 2 aliphatic rings. The number of carboxylic acids is 1. The average molecular weight is 503 g/mol. The maximum atomic E-state index is 11.6. The molecular formula is C24H27ClN4O4S. The van der Waals surface area contributed by atoms with E-state index in [9.17, 15) is 9.59 Å². The molecule has 1 unspecified atom stereocenters. The molecule has 0 aliphatic carbocycles. The summed E-state index contributed by atoms with van der Waals surface area (Å²) in [6, 6.07) is 12.4. The topological polar surface area (TPSA) is 106 Å². The highest BCUT2D eigenvalue weighted by Gasteiger charge is 2.22. The minimum Gasteiger partial charge on any atom is -0.479 e. The van der Waals surface area contributed by atoms with E-state index in [0.717, 1.165) is 66.8 Å². The number of rotatable bonds is 5. The molecule has 1 saturated heterocycles. The number of aromatic nitrogens is 1. The SMILES string of the molecule is CC(O)C(=O)O.O=C1Cc2cc(CCN3CCN(c4nsc5ccccc45)CC3)c(Cl)cc2N1. The second-order valence-corrected chi connectivity index (χ2v) is 9.63. The van der Waals surface area contributed by atoms with Crippen LogP contribution in [0.5, 0.6) is 0 Å². The van der Waals surface area contributed by atoms with Gasteiger partial charge in [0.25, 0.3) is 0 Å². The van der Waals surface area contributed by atoms with Gasteiger partial charge < -0.3 is 20.4 Å². The van der Waals surface area contributed by atoms with E-state index in [1.54, 1.807) is 11.5 Å². The lowest BCUT2D eigenvalue weighted by Gasteiger charge is -2.35. The molecule has 34 heavy (non-hydrogen) atoms. The van der Waals surface area contributed by atoms with Crippen molar-refractivity contribution in [2.75, 3.05) is 42.9 Å². The monoisotopic (exact) mass is 502 g/mol. The molecule has 3 N–H and O–H groups in total. The largest absolute Gasteiger partial charge is 0.479 e. The van der Waals surface area contributed by atoms with Crippen molar-refractivity contribution in [2.45, 2.75) is 25.9 Å². The van der Waals surface area contributed by atoms with Crippen molar-refractivity contribution < 1.29 is 19.8 Å². The third kappa shape index (κ3) is 5.67. The lowest BCUT2D eigenvalue weighted by Crippen LogP contribution is -2.47. The predicted molar refractivity (Wildman–Crippen MR) is 135 cm³/mol. The summed E-state index contributed by atoms with van der Waals surface area (Å²) in [6.07, 6.45) is 0.129. The molecule has 0 spiro atoms. The number of benzene rings is 2. The van der Waals surface area contributed by atoms with Crippen molar-refractivity contribution in [1.29, 1.82) is 0 Å². The molecule has 8 nitrogen and oxygen atoms in total. The van der Waals surface area contributed by atoms with E-state index in [2.05, 4.69) is 49.8 Å². The first-order chi connectivity index (χ1) is 16.3. The van der Waals surface area contributed by atoms with Gasteiger partial charge in [-0.15, -0.1) is 0 Å². The Labute approximate surface area is 206 Å². The highest BCUT2D eigenvalue weighted by molar-refractivity contribution is 7.13. The Morgan fingerprint density at radius 2 is 1.94 bits per heavy atom. The van der Waals surface area contributed by atoms with Crippen molar-refractivity contribution in [3.63, 3.8) is 0 Å². The third-order valence-electron chi connectivity index (χ3n) is 5.98. The first-order valence-corrected chi connectivity index (χ1v) is 12.3. The van der Waals surface area contributed by atoms with Crippen molar-refractivity contribution in [3.8, 4) is 0 Å². The Kier molecular flexibility index (Phi) is 7.67. The van der Waals surface area contributed by atoms with E-state index < -0.39 is 12.1 Å². The fraction of sp³-hybridized carbons (Fsp3) is 0.375. The number of aliphatic carboxylic acids is 1. The van der Waals surface area contributed by atoms with E-state index in [1.165, 1.54) is 17.0 Å². The summed E-state index contributed by atoms with van der Waals surface area (Å²) >= 11 is 8.01. The van der Waals surface area contributed by atoms with Crippen LogP contribution in [0.15, 0.2) is 36.4 Å². The number of fused-ring (bicyclic) bond motifs is 2. The first-order valence-electron chi connectivity index (χ1n) is 11.2. The van der Waals surface area contributed by atoms with Crippen LogP contribution in [0.3, 0.4) is 0 Å². The van der Waals surface area contributed by atoms with Gasteiger partial charge in [-0.3, -0.25) is 9.69 Å². The molecule has 1 aromatic heterocycles. The molecule has 2 aromatic carbocycles. The van der Waals surface area contributed by atoms with Gasteiger partial charge in [0, 0.05) is 48.8 Å². The van der Waals surface area contributed by atoms with E-state index in [1.807, 2.05) is 6.07 Å². The molecule has 3 heterocycles. The number of piperazine rings is 1. The molecule has 0 saturated carbocycles. The zero-order chi connectivity index (χ0) is 24.2. The van der Waals surface area contributed by atoms with Crippen LogP contribution < -0.4 is 10.2 Å². The van der Waals surface area contributed by atoms with Gasteiger partial charge in [0.2, 0.25) is 5.91 Å². The Bertz CT molecular complexity index is 1190. The summed E-state index contributed by atoms with van der Waals surface area (Å²) in [7, 11) is 0. The molecule has 0 bridgehead atoms. The molecule has 2 aliphatic heterocycles. The number of halogens is 1. The molecule has 3 aromatic rings. The van der Waals surface area contributed by atoms with Crippen LogP contribution in [0.1, 0.15) is 18.1 Å². The van der Waals surface area contributed by atoms with Crippen molar-refractivity contribution in [2.24, 2.45) is 0 Å². The van der Waals surface area contributed by atoms with Crippen LogP contribution in [0.4, 0.5) is 11.5 Å². The number of carbonyl (C=O) groups excluding carboxylic acids is 1. The van der Waals surface area contributed by atoms with Gasteiger partial charge in [-0.1, -0.05) is 29.8 Å². The van der Waals surface area contributed by atoms with E-state index in [-0.39, 0.29) is 5.91 Å². The summed E-state index contributed by atoms with van der Waals surface area (Å²) in [4.78, 5) is 25.9. The number of anilines is 2. The molecular weight excluding hydrogens is 476 g/mol. The first kappa shape index (κ1) is 24.4. The molecule has 5 rings (SSSR count). The van der Waals surface area contributed by atoms with Gasteiger partial charge in [-0.25, -0.2) is 4.79 Å². The van der Waals surface area contributed by atoms with E-state index >= 15 is 0 Å². The fourth-order valence-corrected chi connectivity index (χ4v) is 5.11. The second kappa shape index (κ2) is 10.7. The summed E-state index contributed by atoms with van der Waals surface area (Å²) < 4.78 is 5.94. The lowest BCUT2D eigenvalue weighted by atomic mass is 10.1. The maximum absolute atomic E-state index is 11.6. The summed E-state index contributed by atoms with van der Waals surface area (Å²) in [5.41, 5.74) is 3.05. The quantitative estimate of drug-likeness (QED) is 0.491. The number of amides is 1. The summed E-state index contributed by atoms with van der Waals surface area (Å²) in [5, 5.41) is 20.6. The molecule has 1 fully saturated rings. The fourth-order valence-electron chi connectivity index (χ4n) is 4.05. The maximum Gasteiger partial charge on any atom is 0.332 e. The van der Waals surface area contributed by atoms with Gasteiger partial charge in [-0.05, 0) is 54.2 Å². The van der Waals surface area contributed by atoms with Crippen LogP contribution in [0.25, 0.3) is 10.1 Å². The number of aliphatic hydroxyl groups is 1. The highest BCUT2D eigenvalue weighted by atomic mass is 35.5. The van der Waals surface area contributed by atoms with Crippen LogP contribution in [-0.2, 0) is 22.4 Å². The van der Waals surface area contributed by atoms with Crippen molar-refractivity contribution in [3.05, 3.63) is 52.5 Å². The summed E-state index contributed by atoms with van der Waals surface area (Å²) in [5.74, 6) is -0.0111. The normalized spacial score (nSPS) is 16.6. The Hall–Kier alpha value is -2.72. The third-order valence-corrected chi connectivity index (χ3v) is 7.15. The van der Waals surface area contributed by atoms with E-state index in [0.29, 0.717) is 6.42 Å². The second-order valence-electron chi connectivity index (χ2n) is 8.42. The number of hydrogen-bond acceptors (Lipinski definition) is 7. The zero-order valence-corrected chi connectivity index (χ0v) is 20.4. The molecule has 1 amide bonds. The van der Waals surface area contributed by atoms with Gasteiger partial charge in [0.1, 0.15) is 11.9 Å². The standard InChI is InChI=1S/C21H21ClN4OS.C3H6O3/c22-17-13-18-15(12-20(27)23-18)11-14(17)5-6-25-7-9-26(10-8-25)21-16-3-1-2-4-19(16)28-24-21;1-2(4)3(5)6/h1-4,11,13H,5-10,12H2,(H,23,27);2,4H,1H3,(H,5,6). The van der Waals surface area contributed by atoms with E-state index in [4.69, 9.17) is 21.8 Å². The molecule has 1 atom stereocenters. The molecule has 180 valence electrons. The van der Waals surface area contributed by atoms with Crippen LogP contribution in [0.2, 0.25) is 5.02 Å². The number of carboxylic acid groups (broad SMARTS) is 1. The van der Waals surface area contributed by atoms with Gasteiger partial charge in [0.15, 0.2) is 0 Å². The van der Waals surface area contributed by atoms with Crippen molar-refractivity contribution in [1.82, 2.24) is 9.27 Å². The highest BCUT2D eigenvalue weighted by Crippen LogP contribution is 2.31. The minimum atomic E-state index is -1.23. The summed E-state index contributed by atoms with van der Waals surface area (Å²) in [6.45, 7) is 6.20. The number of nitrogens with zero attached hydrogens (tertiary/aromatic N) is 3. The zero-order valence-electron chi connectivity index (χ0n) is 18.8. The van der Waals surface area contributed by atoms with Crippen LogP contribution in [0, 0.1) is 0 Å². The van der Waals surface area contributed by atoms with Gasteiger partial charge in [-0.2, -0.15) is 4.37 Å². The van der Waals surface area contributed by atoms with Crippen molar-refractivity contribution >= 4 is 56.6 Å². The molecule has 0 radical (unpaired) electrons. The van der Waals surface area contributed by atoms with Gasteiger partial charge >= 0.3 is 5.97 Å². The predicted octanol–water partition coefficient (Wildman–Crippen LogP) is 3.26. The minimum absolute atomic E-state index is 0.0499. The Morgan fingerprint density at radius 1 is 1.24 bits per heavy atom. The number of aliphatic hydroxyl groups excluding tert-OH is 1. The van der Waals surface area contributed by atoms with Gasteiger partial charge in [0.05, 0.1) is 11.1 Å². The molecule has 10 heteroatoms. The number of hydrogen-bond donors (Lipinski definition) is 3. The smallest absolute Gasteiger partial charge is 0.332 e. The number of carbonyl (C=O) groups is 2.